The van der Waals surface area contributed by atoms with Crippen LogP contribution in [0.1, 0.15) is 58.1 Å². The lowest BCUT2D eigenvalue weighted by Gasteiger charge is -2.28. The Morgan fingerprint density at radius 3 is 2.28 bits per heavy atom. The summed E-state index contributed by atoms with van der Waals surface area (Å²) < 4.78 is 0. The monoisotopic (exact) mass is 438 g/mol. The standard InChI is InChI=1S/C25H34N4O3/c1-6-19-8-10-20(11-9-19)29(17-23(31)28-25(4,5)7-2)24(32)13-12-22(30)27-21-16-18(3)14-15-26-21/h8-11,14-16H,6-7,12-13,17H2,1-5H3,(H,28,31)(H,26,27,30). The van der Waals surface area contributed by atoms with Gasteiger partial charge < -0.3 is 15.5 Å². The lowest BCUT2D eigenvalue weighted by atomic mass is 10.0. The molecule has 3 amide bonds. The van der Waals surface area contributed by atoms with Gasteiger partial charge in [-0.1, -0.05) is 26.0 Å². The third-order valence-corrected chi connectivity index (χ3v) is 5.37. The number of aromatic nitrogens is 1. The second-order valence-electron chi connectivity index (χ2n) is 8.55. The zero-order valence-corrected chi connectivity index (χ0v) is 19.7. The van der Waals surface area contributed by atoms with Crippen molar-refractivity contribution in [2.45, 2.75) is 65.8 Å². The molecule has 7 nitrogen and oxygen atoms in total. The highest BCUT2D eigenvalue weighted by Crippen LogP contribution is 2.18. The largest absolute Gasteiger partial charge is 0.350 e. The van der Waals surface area contributed by atoms with Crippen LogP contribution < -0.4 is 15.5 Å². The minimum absolute atomic E-state index is 0.0000703. The number of hydrogen-bond acceptors (Lipinski definition) is 4. The van der Waals surface area contributed by atoms with E-state index >= 15 is 0 Å². The Morgan fingerprint density at radius 1 is 1.00 bits per heavy atom. The smallest absolute Gasteiger partial charge is 0.240 e. The highest BCUT2D eigenvalue weighted by molar-refractivity contribution is 6.01. The Morgan fingerprint density at radius 2 is 1.69 bits per heavy atom. The van der Waals surface area contributed by atoms with Crippen molar-refractivity contribution in [3.63, 3.8) is 0 Å². The van der Waals surface area contributed by atoms with Gasteiger partial charge in [0.2, 0.25) is 17.7 Å². The van der Waals surface area contributed by atoms with Gasteiger partial charge in [0.1, 0.15) is 12.4 Å². The Bertz CT molecular complexity index is 938. The molecule has 1 heterocycles. The Kier molecular flexibility index (Phi) is 8.93. The van der Waals surface area contributed by atoms with Gasteiger partial charge in [-0.05, 0) is 69.0 Å². The van der Waals surface area contributed by atoms with Crippen LogP contribution in [-0.4, -0.2) is 34.8 Å². The summed E-state index contributed by atoms with van der Waals surface area (Å²) in [5.74, 6) is -0.367. The zero-order chi connectivity index (χ0) is 23.7. The van der Waals surface area contributed by atoms with E-state index in [0.29, 0.717) is 11.5 Å². The van der Waals surface area contributed by atoms with Gasteiger partial charge in [0, 0.05) is 30.3 Å². The van der Waals surface area contributed by atoms with Gasteiger partial charge in [0.25, 0.3) is 0 Å². The molecule has 0 saturated heterocycles. The molecule has 0 unspecified atom stereocenters. The number of carbonyl (C=O) groups excluding carboxylic acids is 3. The molecule has 0 atom stereocenters. The first kappa shape index (κ1) is 25.0. The van der Waals surface area contributed by atoms with E-state index in [-0.39, 0.29) is 42.6 Å². The second kappa shape index (κ2) is 11.4. The van der Waals surface area contributed by atoms with Crippen molar-refractivity contribution in [3.05, 3.63) is 53.7 Å². The van der Waals surface area contributed by atoms with Crippen molar-refractivity contribution in [2.75, 3.05) is 16.8 Å². The minimum atomic E-state index is -0.363. The molecular weight excluding hydrogens is 404 g/mol. The lowest BCUT2D eigenvalue weighted by Crippen LogP contribution is -2.48. The van der Waals surface area contributed by atoms with E-state index in [2.05, 4.69) is 22.5 Å². The minimum Gasteiger partial charge on any atom is -0.350 e. The summed E-state index contributed by atoms with van der Waals surface area (Å²) in [6.07, 6.45) is 3.25. The summed E-state index contributed by atoms with van der Waals surface area (Å²) in [5, 5.41) is 5.68. The van der Waals surface area contributed by atoms with E-state index in [0.717, 1.165) is 24.0 Å². The van der Waals surface area contributed by atoms with Crippen molar-refractivity contribution in [1.82, 2.24) is 10.3 Å². The maximum Gasteiger partial charge on any atom is 0.240 e. The average Bonchev–Trinajstić information content (AvgIpc) is 2.75. The van der Waals surface area contributed by atoms with Gasteiger partial charge in [-0.3, -0.25) is 14.4 Å². The topological polar surface area (TPSA) is 91.4 Å². The van der Waals surface area contributed by atoms with E-state index in [4.69, 9.17) is 0 Å². The van der Waals surface area contributed by atoms with Crippen LogP contribution in [0.3, 0.4) is 0 Å². The fourth-order valence-corrected chi connectivity index (χ4v) is 3.05. The molecule has 0 spiro atoms. The molecule has 0 fully saturated rings. The third kappa shape index (κ3) is 7.80. The number of aryl methyl sites for hydroxylation is 2. The average molecular weight is 439 g/mol. The lowest BCUT2D eigenvalue weighted by molar-refractivity contribution is -0.125. The summed E-state index contributed by atoms with van der Waals surface area (Å²) in [6.45, 7) is 9.74. The normalized spacial score (nSPS) is 11.0. The van der Waals surface area contributed by atoms with Crippen LogP contribution in [0.4, 0.5) is 11.5 Å². The highest BCUT2D eigenvalue weighted by atomic mass is 16.2. The van der Waals surface area contributed by atoms with Crippen LogP contribution >= 0.6 is 0 Å². The van der Waals surface area contributed by atoms with Crippen molar-refractivity contribution in [2.24, 2.45) is 0 Å². The zero-order valence-electron chi connectivity index (χ0n) is 19.7. The van der Waals surface area contributed by atoms with Crippen LogP contribution in [-0.2, 0) is 20.8 Å². The van der Waals surface area contributed by atoms with Crippen LogP contribution in [0.25, 0.3) is 0 Å². The van der Waals surface area contributed by atoms with Gasteiger partial charge in [-0.25, -0.2) is 4.98 Å². The molecule has 0 aliphatic rings. The predicted octanol–water partition coefficient (Wildman–Crippen LogP) is 4.01. The molecule has 7 heteroatoms. The molecule has 0 aliphatic heterocycles. The Balaban J connectivity index is 2.08. The fourth-order valence-electron chi connectivity index (χ4n) is 3.05. The number of nitrogens with zero attached hydrogens (tertiary/aromatic N) is 2. The van der Waals surface area contributed by atoms with E-state index in [1.165, 1.54) is 4.90 Å². The van der Waals surface area contributed by atoms with Crippen LogP contribution in [0, 0.1) is 6.92 Å². The first-order chi connectivity index (χ1) is 15.1. The molecule has 1 aromatic heterocycles. The van der Waals surface area contributed by atoms with Gasteiger partial charge in [-0.15, -0.1) is 0 Å². The van der Waals surface area contributed by atoms with Crippen molar-refractivity contribution >= 4 is 29.2 Å². The maximum absolute atomic E-state index is 13.0. The summed E-state index contributed by atoms with van der Waals surface area (Å²) >= 11 is 0. The van der Waals surface area contributed by atoms with Gasteiger partial charge in [-0.2, -0.15) is 0 Å². The van der Waals surface area contributed by atoms with E-state index in [1.807, 2.05) is 58.0 Å². The summed E-state index contributed by atoms with van der Waals surface area (Å²) in [7, 11) is 0. The number of carbonyl (C=O) groups is 3. The van der Waals surface area contributed by atoms with E-state index < -0.39 is 0 Å². The number of nitrogens with one attached hydrogen (secondary N) is 2. The van der Waals surface area contributed by atoms with Crippen molar-refractivity contribution in [1.29, 1.82) is 0 Å². The van der Waals surface area contributed by atoms with Crippen molar-refractivity contribution < 1.29 is 14.4 Å². The summed E-state index contributed by atoms with van der Waals surface area (Å²) in [4.78, 5) is 43.5. The molecule has 1 aromatic carbocycles. The highest BCUT2D eigenvalue weighted by Gasteiger charge is 2.24. The number of anilines is 2. The Hall–Kier alpha value is -3.22. The summed E-state index contributed by atoms with van der Waals surface area (Å²) in [6, 6.07) is 11.2. The first-order valence-corrected chi connectivity index (χ1v) is 11.1. The number of rotatable bonds is 10. The van der Waals surface area contributed by atoms with Gasteiger partial charge in [0.05, 0.1) is 0 Å². The molecule has 172 valence electrons. The SMILES string of the molecule is CCc1ccc(N(CC(=O)NC(C)(C)CC)C(=O)CCC(=O)Nc2cc(C)ccn2)cc1. The van der Waals surface area contributed by atoms with Gasteiger partial charge >= 0.3 is 0 Å². The first-order valence-electron chi connectivity index (χ1n) is 11.1. The van der Waals surface area contributed by atoms with E-state index in [1.54, 1.807) is 12.3 Å². The number of hydrogen-bond donors (Lipinski definition) is 2. The molecule has 2 aromatic rings. The fraction of sp³-hybridized carbons (Fsp3) is 0.440. The van der Waals surface area contributed by atoms with Crippen LogP contribution in [0.2, 0.25) is 0 Å². The molecule has 0 saturated carbocycles. The Labute approximate surface area is 190 Å². The molecular formula is C25H34N4O3. The van der Waals surface area contributed by atoms with Gasteiger partial charge in [0.15, 0.2) is 0 Å². The number of amides is 3. The molecule has 0 radical (unpaired) electrons. The molecule has 32 heavy (non-hydrogen) atoms. The molecule has 0 bridgehead atoms. The second-order valence-corrected chi connectivity index (χ2v) is 8.55. The molecule has 2 N–H and O–H groups in total. The molecule has 0 aliphatic carbocycles. The third-order valence-electron chi connectivity index (χ3n) is 5.37. The van der Waals surface area contributed by atoms with E-state index in [9.17, 15) is 14.4 Å². The molecule has 2 rings (SSSR count). The van der Waals surface area contributed by atoms with Crippen LogP contribution in [0.15, 0.2) is 42.6 Å². The summed E-state index contributed by atoms with van der Waals surface area (Å²) in [5.41, 5.74) is 2.40. The number of benzene rings is 1. The predicted molar refractivity (Wildman–Crippen MR) is 128 cm³/mol. The quantitative estimate of drug-likeness (QED) is 0.586. The van der Waals surface area contributed by atoms with Crippen molar-refractivity contribution in [3.8, 4) is 0 Å². The number of pyridine rings is 1. The van der Waals surface area contributed by atoms with Crippen LogP contribution in [0.5, 0.6) is 0 Å². The maximum atomic E-state index is 13.0.